The highest BCUT2D eigenvalue weighted by Crippen LogP contribution is 2.43. The Morgan fingerprint density at radius 3 is 2.45 bits per heavy atom. The van der Waals surface area contributed by atoms with Gasteiger partial charge in [-0.15, -0.1) is 0 Å². The number of hydrogen-bond acceptors (Lipinski definition) is 6. The molecule has 216 valence electrons. The highest BCUT2D eigenvalue weighted by molar-refractivity contribution is 6.03. The molecule has 2 aliphatic carbocycles. The summed E-state index contributed by atoms with van der Waals surface area (Å²) >= 11 is 0. The van der Waals surface area contributed by atoms with Gasteiger partial charge >= 0.3 is 6.09 Å². The molecule has 2 aliphatic heterocycles. The second-order valence-electron chi connectivity index (χ2n) is 11.2. The van der Waals surface area contributed by atoms with Gasteiger partial charge in [-0.1, -0.05) is 25.7 Å². The summed E-state index contributed by atoms with van der Waals surface area (Å²) in [5.74, 6) is -4.91. The highest BCUT2D eigenvalue weighted by Gasteiger charge is 2.58. The number of primary amides is 1. The molecule has 5 amide bonds. The first kappa shape index (κ1) is 27.6. The van der Waals surface area contributed by atoms with Crippen molar-refractivity contribution >= 4 is 35.4 Å². The Labute approximate surface area is 228 Å². The van der Waals surface area contributed by atoms with Gasteiger partial charge in [0.1, 0.15) is 29.6 Å². The van der Waals surface area contributed by atoms with Crippen LogP contribution in [0.4, 0.5) is 19.3 Å². The van der Waals surface area contributed by atoms with Crippen LogP contribution in [0.2, 0.25) is 0 Å². The van der Waals surface area contributed by atoms with Crippen molar-refractivity contribution in [2.45, 2.75) is 68.7 Å². The summed E-state index contributed by atoms with van der Waals surface area (Å²) in [5, 5.41) is 13.9. The van der Waals surface area contributed by atoms with E-state index in [1.807, 2.05) is 0 Å². The van der Waals surface area contributed by atoms with Crippen LogP contribution in [0, 0.1) is 23.5 Å². The maximum Gasteiger partial charge on any atom is 0.405 e. The zero-order valence-corrected chi connectivity index (χ0v) is 21.8. The normalized spacial score (nSPS) is 24.9. The first-order valence-corrected chi connectivity index (χ1v) is 13.2. The molecule has 1 spiro atoms. The van der Waals surface area contributed by atoms with Gasteiger partial charge in [0.25, 0.3) is 5.91 Å². The van der Waals surface area contributed by atoms with Gasteiger partial charge in [0, 0.05) is 25.6 Å². The van der Waals surface area contributed by atoms with Gasteiger partial charge in [-0.2, -0.15) is 0 Å². The van der Waals surface area contributed by atoms with Gasteiger partial charge in [-0.05, 0) is 24.7 Å². The molecule has 12 nitrogen and oxygen atoms in total. The Kier molecular flexibility index (Phi) is 7.04. The van der Waals surface area contributed by atoms with Crippen LogP contribution in [0.25, 0.3) is 0 Å². The molecule has 5 rings (SSSR count). The van der Waals surface area contributed by atoms with Crippen LogP contribution in [0.3, 0.4) is 0 Å². The zero-order valence-electron chi connectivity index (χ0n) is 21.8. The van der Waals surface area contributed by atoms with Crippen LogP contribution in [0.5, 0.6) is 5.75 Å². The first-order chi connectivity index (χ1) is 18.9. The second-order valence-corrected chi connectivity index (χ2v) is 11.2. The number of rotatable bonds is 9. The number of benzene rings is 1. The quantitative estimate of drug-likeness (QED) is 0.349. The number of nitrogens with two attached hydrogens (primary N) is 1. The lowest BCUT2D eigenvalue weighted by atomic mass is 9.96. The van der Waals surface area contributed by atoms with Crippen molar-refractivity contribution in [3.8, 4) is 5.75 Å². The number of halogens is 2. The number of nitrogens with one attached hydrogen (secondary N) is 2. The summed E-state index contributed by atoms with van der Waals surface area (Å²) in [6.45, 7) is -0.453. The summed E-state index contributed by atoms with van der Waals surface area (Å²) < 4.78 is 34.0. The number of hydrogen-bond donors (Lipinski definition) is 4. The Morgan fingerprint density at radius 2 is 1.85 bits per heavy atom. The number of fused-ring (bicyclic) bond motifs is 1. The van der Waals surface area contributed by atoms with Crippen molar-refractivity contribution < 1.29 is 42.6 Å². The lowest BCUT2D eigenvalue weighted by molar-refractivity contribution is -0.148. The van der Waals surface area contributed by atoms with Crippen LogP contribution < -0.4 is 21.1 Å². The average molecular weight is 564 g/mol. The van der Waals surface area contributed by atoms with Crippen LogP contribution in [-0.2, 0) is 19.2 Å². The minimum atomic E-state index is -1.85. The van der Waals surface area contributed by atoms with E-state index in [4.69, 9.17) is 10.5 Å². The monoisotopic (exact) mass is 563 g/mol. The van der Waals surface area contributed by atoms with Crippen LogP contribution >= 0.6 is 0 Å². The summed E-state index contributed by atoms with van der Waals surface area (Å²) in [5.41, 5.74) is 3.41. The number of carboxylic acid groups (broad SMARTS) is 1. The molecule has 4 atom stereocenters. The number of likely N-dealkylation sites (tertiary alicyclic amines) is 1. The van der Waals surface area contributed by atoms with E-state index < -0.39 is 71.6 Å². The Balaban J connectivity index is 1.42. The number of carbonyl (C=O) groups is 5. The molecule has 1 aromatic carbocycles. The number of anilines is 1. The van der Waals surface area contributed by atoms with Gasteiger partial charge < -0.3 is 36.0 Å². The van der Waals surface area contributed by atoms with Crippen molar-refractivity contribution in [2.24, 2.45) is 17.6 Å². The lowest BCUT2D eigenvalue weighted by Crippen LogP contribution is -2.58. The van der Waals surface area contributed by atoms with Gasteiger partial charge in [0.15, 0.2) is 11.6 Å². The molecule has 3 fully saturated rings. The number of amides is 5. The van der Waals surface area contributed by atoms with Crippen molar-refractivity contribution in [3.63, 3.8) is 0 Å². The smallest absolute Gasteiger partial charge is 0.405 e. The van der Waals surface area contributed by atoms with Crippen molar-refractivity contribution in [2.75, 3.05) is 18.9 Å². The van der Waals surface area contributed by atoms with E-state index >= 15 is 0 Å². The van der Waals surface area contributed by atoms with Crippen LogP contribution in [-0.4, -0.2) is 81.9 Å². The molecular weight excluding hydrogens is 532 g/mol. The summed E-state index contributed by atoms with van der Waals surface area (Å²) in [6.07, 6.45) is 2.30. The molecule has 5 N–H and O–H groups in total. The van der Waals surface area contributed by atoms with E-state index in [1.54, 1.807) is 0 Å². The minimum Gasteiger partial charge on any atom is -0.473 e. The number of carbonyl (C=O) groups excluding carboxylic acids is 4. The van der Waals surface area contributed by atoms with Crippen molar-refractivity contribution in [1.82, 2.24) is 15.1 Å². The van der Waals surface area contributed by atoms with Crippen molar-refractivity contribution in [3.05, 3.63) is 23.8 Å². The average Bonchev–Trinajstić information content (AvgIpc) is 3.81. The minimum absolute atomic E-state index is 0.147. The Hall–Kier alpha value is -3.97. The Morgan fingerprint density at radius 1 is 1.20 bits per heavy atom. The predicted molar refractivity (Wildman–Crippen MR) is 134 cm³/mol. The van der Waals surface area contributed by atoms with Gasteiger partial charge in [0.05, 0.1) is 6.54 Å². The van der Waals surface area contributed by atoms with Crippen LogP contribution in [0.1, 0.15) is 44.9 Å². The molecule has 0 bridgehead atoms. The second kappa shape index (κ2) is 10.2. The Bertz CT molecular complexity index is 1270. The molecule has 0 aromatic heterocycles. The van der Waals surface area contributed by atoms with E-state index in [9.17, 15) is 37.9 Å². The topological polar surface area (TPSA) is 171 Å². The van der Waals surface area contributed by atoms with Gasteiger partial charge in [-0.3, -0.25) is 19.2 Å². The fraction of sp³-hybridized carbons (Fsp3) is 0.577. The third-order valence-corrected chi connectivity index (χ3v) is 8.13. The predicted octanol–water partition coefficient (Wildman–Crippen LogP) is 1.18. The maximum atomic E-state index is 14.3. The lowest BCUT2D eigenvalue weighted by Gasteiger charge is -2.36. The first-order valence-electron chi connectivity index (χ1n) is 13.2. The van der Waals surface area contributed by atoms with Gasteiger partial charge in [-0.25, -0.2) is 13.6 Å². The number of likely N-dealkylation sites (N-methyl/N-ethyl adjacent to an activating group) is 1. The van der Waals surface area contributed by atoms with E-state index in [2.05, 4.69) is 10.6 Å². The molecule has 40 heavy (non-hydrogen) atoms. The number of nitrogens with zero attached hydrogens (tertiary/aromatic N) is 2. The molecule has 1 saturated heterocycles. The highest BCUT2D eigenvalue weighted by atomic mass is 19.1. The van der Waals surface area contributed by atoms with Gasteiger partial charge in [0.2, 0.25) is 23.3 Å². The van der Waals surface area contributed by atoms with E-state index in [-0.39, 0.29) is 36.1 Å². The maximum absolute atomic E-state index is 14.3. The molecule has 4 aliphatic rings. The summed E-state index contributed by atoms with van der Waals surface area (Å²) in [6, 6.07) is -1.94. The summed E-state index contributed by atoms with van der Waals surface area (Å²) in [4.78, 5) is 66.8. The molecule has 0 unspecified atom stereocenters. The molecule has 1 aromatic rings. The van der Waals surface area contributed by atoms with Crippen LogP contribution in [0.15, 0.2) is 12.1 Å². The standard InChI is InChI=1S/C26H31F2N5O7/c1-32(22(35)16(30-25(38)39)6-12-2-3-12)17(7-13-4-5-13)23(36)33-11-26(10-18(33)21(29)34)24(37)31-20-15(28)8-14(27)9-19(20)40-26/h8-9,12-13,16-18,30H,2-7,10-11H2,1H3,(H2,29,34)(H,31,37)(H,38,39)/t16-,17-,18-,26+/m0/s1. The zero-order chi connectivity index (χ0) is 28.9. The third kappa shape index (κ3) is 5.39. The SMILES string of the molecule is CN(C(=O)[C@H](CC1CC1)NC(=O)O)[C@@H](CC1CC1)C(=O)N1C[C@@]2(C[C@H]1C(N)=O)Oc1cc(F)cc(F)c1NC2=O. The number of ether oxygens (including phenoxy) is 1. The van der Waals surface area contributed by atoms with E-state index in [0.717, 1.165) is 36.6 Å². The molecule has 2 heterocycles. The molecule has 2 saturated carbocycles. The van der Waals surface area contributed by atoms with Crippen molar-refractivity contribution in [1.29, 1.82) is 0 Å². The fourth-order valence-corrected chi connectivity index (χ4v) is 5.57. The fourth-order valence-electron chi connectivity index (χ4n) is 5.57. The summed E-state index contributed by atoms with van der Waals surface area (Å²) in [7, 11) is 1.41. The largest absolute Gasteiger partial charge is 0.473 e. The molecule has 0 radical (unpaired) electrons. The van der Waals surface area contributed by atoms with E-state index in [1.165, 1.54) is 11.9 Å². The molecule has 14 heteroatoms. The third-order valence-electron chi connectivity index (χ3n) is 8.13. The molecular formula is C26H31F2N5O7. The van der Waals surface area contributed by atoms with E-state index in [0.29, 0.717) is 12.5 Å².